The molecule has 0 saturated carbocycles. The minimum Gasteiger partial charge on any atom is -0.385 e. The fourth-order valence-corrected chi connectivity index (χ4v) is 2.21. The predicted molar refractivity (Wildman–Crippen MR) is 72.7 cm³/mol. The first kappa shape index (κ1) is 11.9. The van der Waals surface area contributed by atoms with E-state index >= 15 is 0 Å². The van der Waals surface area contributed by atoms with Crippen LogP contribution in [0.15, 0.2) is 45.4 Å². The summed E-state index contributed by atoms with van der Waals surface area (Å²) in [4.78, 5) is 4.36. The van der Waals surface area contributed by atoms with Gasteiger partial charge in [0.05, 0.1) is 11.2 Å². The first-order chi connectivity index (χ1) is 9.11. The monoisotopic (exact) mass is 260 g/mol. The number of ether oxygens (including phenoxy) is 1. The SMILES string of the molecule is COCCC1(N)C=CC2=C3NC(N)=NN3C=NC2=C1. The van der Waals surface area contributed by atoms with E-state index in [4.69, 9.17) is 16.2 Å². The van der Waals surface area contributed by atoms with Gasteiger partial charge in [0.1, 0.15) is 12.2 Å². The number of methoxy groups -OCH3 is 1. The number of fused-ring (bicyclic) bond motifs is 2. The van der Waals surface area contributed by atoms with Crippen LogP contribution in [0.4, 0.5) is 0 Å². The maximum atomic E-state index is 6.29. The van der Waals surface area contributed by atoms with Crippen LogP contribution in [0.3, 0.4) is 0 Å². The van der Waals surface area contributed by atoms with E-state index in [-0.39, 0.29) is 0 Å². The van der Waals surface area contributed by atoms with Gasteiger partial charge in [0.25, 0.3) is 0 Å². The highest BCUT2D eigenvalue weighted by Gasteiger charge is 2.30. The largest absolute Gasteiger partial charge is 0.385 e. The molecule has 7 nitrogen and oxygen atoms in total. The Hall–Kier alpha value is -2.12. The summed E-state index contributed by atoms with van der Waals surface area (Å²) in [6.45, 7) is 0.598. The highest BCUT2D eigenvalue weighted by atomic mass is 16.5. The van der Waals surface area contributed by atoms with Gasteiger partial charge in [0.15, 0.2) is 0 Å². The number of aliphatic imine (C=N–C) groups is 1. The van der Waals surface area contributed by atoms with Gasteiger partial charge < -0.3 is 21.5 Å². The Morgan fingerprint density at radius 2 is 2.37 bits per heavy atom. The summed E-state index contributed by atoms with van der Waals surface area (Å²) in [5, 5.41) is 8.71. The highest BCUT2D eigenvalue weighted by Crippen LogP contribution is 2.31. The van der Waals surface area contributed by atoms with E-state index in [2.05, 4.69) is 15.4 Å². The lowest BCUT2D eigenvalue weighted by Gasteiger charge is -2.29. The Labute approximate surface area is 111 Å². The van der Waals surface area contributed by atoms with Gasteiger partial charge in [-0.3, -0.25) is 0 Å². The maximum absolute atomic E-state index is 6.29. The summed E-state index contributed by atoms with van der Waals surface area (Å²) >= 11 is 0. The molecule has 2 aliphatic heterocycles. The molecule has 3 aliphatic rings. The van der Waals surface area contributed by atoms with E-state index in [1.807, 2.05) is 18.2 Å². The van der Waals surface area contributed by atoms with Crippen molar-refractivity contribution in [3.05, 3.63) is 35.3 Å². The van der Waals surface area contributed by atoms with Crippen molar-refractivity contribution in [3.8, 4) is 0 Å². The molecule has 0 radical (unpaired) electrons. The van der Waals surface area contributed by atoms with Crippen LogP contribution in [0, 0.1) is 0 Å². The number of hydrogen-bond donors (Lipinski definition) is 3. The lowest BCUT2D eigenvalue weighted by Crippen LogP contribution is -2.39. The van der Waals surface area contributed by atoms with Gasteiger partial charge in [-0.2, -0.15) is 0 Å². The van der Waals surface area contributed by atoms with E-state index in [1.54, 1.807) is 18.5 Å². The molecular formula is C12H16N6O. The third kappa shape index (κ3) is 2.02. The Morgan fingerprint density at radius 1 is 1.53 bits per heavy atom. The van der Waals surface area contributed by atoms with Gasteiger partial charge in [-0.15, -0.1) is 5.10 Å². The molecule has 0 saturated heterocycles. The third-order valence-electron chi connectivity index (χ3n) is 3.23. The predicted octanol–water partition coefficient (Wildman–Crippen LogP) is -0.437. The fourth-order valence-electron chi connectivity index (χ4n) is 2.21. The number of nitrogens with zero attached hydrogens (tertiary/aromatic N) is 3. The Bertz CT molecular complexity index is 559. The molecule has 0 amide bonds. The van der Waals surface area contributed by atoms with E-state index in [9.17, 15) is 0 Å². The van der Waals surface area contributed by atoms with Gasteiger partial charge in [-0.05, 0) is 12.5 Å². The molecule has 0 aromatic heterocycles. The number of hydrogen-bond acceptors (Lipinski definition) is 7. The number of rotatable bonds is 3. The summed E-state index contributed by atoms with van der Waals surface area (Å²) in [6, 6.07) is 0. The second-order valence-electron chi connectivity index (χ2n) is 4.68. The minimum atomic E-state index is -0.528. The van der Waals surface area contributed by atoms with Crippen LogP contribution in [0.2, 0.25) is 0 Å². The standard InChI is InChI=1S/C12H16N6O/c1-19-5-4-12(14)3-2-8-9(6-12)15-7-18-10(8)16-11(13)17-18/h2-3,6-7H,4-5,14H2,1H3,(H3,13,16,17). The van der Waals surface area contributed by atoms with E-state index in [1.165, 1.54) is 0 Å². The molecule has 0 spiro atoms. The van der Waals surface area contributed by atoms with Gasteiger partial charge in [-0.25, -0.2) is 10.0 Å². The van der Waals surface area contributed by atoms with Crippen molar-refractivity contribution in [2.24, 2.45) is 21.6 Å². The summed E-state index contributed by atoms with van der Waals surface area (Å²) in [7, 11) is 1.66. The van der Waals surface area contributed by atoms with Gasteiger partial charge in [0, 0.05) is 19.3 Å². The van der Waals surface area contributed by atoms with Crippen LogP contribution in [0.1, 0.15) is 6.42 Å². The molecule has 0 fully saturated rings. The zero-order valence-electron chi connectivity index (χ0n) is 10.6. The van der Waals surface area contributed by atoms with Crippen LogP contribution >= 0.6 is 0 Å². The average Bonchev–Trinajstić information content (AvgIpc) is 2.76. The number of guanidine groups is 1. The lowest BCUT2D eigenvalue weighted by atomic mass is 9.88. The van der Waals surface area contributed by atoms with Crippen LogP contribution in [-0.2, 0) is 4.74 Å². The van der Waals surface area contributed by atoms with Crippen molar-refractivity contribution in [1.29, 1.82) is 0 Å². The third-order valence-corrected chi connectivity index (χ3v) is 3.23. The maximum Gasteiger partial charge on any atom is 0.217 e. The molecule has 5 N–H and O–H groups in total. The summed E-state index contributed by atoms with van der Waals surface area (Å²) in [5.41, 5.74) is 13.2. The molecular weight excluding hydrogens is 244 g/mol. The van der Waals surface area contributed by atoms with Crippen molar-refractivity contribution in [2.45, 2.75) is 12.0 Å². The van der Waals surface area contributed by atoms with Crippen molar-refractivity contribution < 1.29 is 4.74 Å². The van der Waals surface area contributed by atoms with Crippen LogP contribution < -0.4 is 16.8 Å². The quantitative estimate of drug-likeness (QED) is 0.638. The molecule has 7 heteroatoms. The molecule has 19 heavy (non-hydrogen) atoms. The summed E-state index contributed by atoms with van der Waals surface area (Å²) in [5.74, 6) is 1.16. The number of allylic oxidation sites excluding steroid dienone is 1. The second-order valence-corrected chi connectivity index (χ2v) is 4.68. The minimum absolute atomic E-state index is 0.354. The molecule has 2 heterocycles. The summed E-state index contributed by atoms with van der Waals surface area (Å²) in [6.07, 6.45) is 8.17. The molecule has 1 atom stereocenters. The Morgan fingerprint density at radius 3 is 3.16 bits per heavy atom. The van der Waals surface area contributed by atoms with Crippen molar-refractivity contribution in [1.82, 2.24) is 10.3 Å². The number of nitrogens with one attached hydrogen (secondary N) is 1. The van der Waals surface area contributed by atoms with E-state index in [0.717, 1.165) is 17.1 Å². The molecule has 0 bridgehead atoms. The molecule has 100 valence electrons. The number of hydrazone groups is 1. The van der Waals surface area contributed by atoms with Crippen LogP contribution in [-0.4, -0.2) is 36.6 Å². The zero-order chi connectivity index (χ0) is 13.5. The van der Waals surface area contributed by atoms with Gasteiger partial charge in [-0.1, -0.05) is 12.2 Å². The molecule has 0 aromatic carbocycles. The molecule has 0 aromatic rings. The fraction of sp³-hybridized carbons (Fsp3) is 0.333. The highest BCUT2D eigenvalue weighted by molar-refractivity contribution is 5.86. The first-order valence-corrected chi connectivity index (χ1v) is 6.00. The van der Waals surface area contributed by atoms with Crippen molar-refractivity contribution >= 4 is 12.3 Å². The first-order valence-electron chi connectivity index (χ1n) is 6.00. The van der Waals surface area contributed by atoms with Crippen LogP contribution in [0.5, 0.6) is 0 Å². The average molecular weight is 260 g/mol. The Balaban J connectivity index is 1.91. The van der Waals surface area contributed by atoms with Crippen LogP contribution in [0.25, 0.3) is 0 Å². The summed E-state index contributed by atoms with van der Waals surface area (Å²) < 4.78 is 5.08. The topological polar surface area (TPSA) is 101 Å². The van der Waals surface area contributed by atoms with Gasteiger partial charge >= 0.3 is 0 Å². The molecule has 1 aliphatic carbocycles. The van der Waals surface area contributed by atoms with Crippen molar-refractivity contribution in [3.63, 3.8) is 0 Å². The normalized spacial score (nSPS) is 27.8. The molecule has 1 unspecified atom stereocenters. The second kappa shape index (κ2) is 4.22. The lowest BCUT2D eigenvalue weighted by molar-refractivity contribution is 0.184. The Kier molecular flexibility index (Phi) is 2.65. The van der Waals surface area contributed by atoms with Gasteiger partial charge in [0.2, 0.25) is 5.96 Å². The van der Waals surface area contributed by atoms with E-state index < -0.39 is 5.54 Å². The van der Waals surface area contributed by atoms with E-state index in [0.29, 0.717) is 19.0 Å². The number of nitrogens with two attached hydrogens (primary N) is 2. The zero-order valence-corrected chi connectivity index (χ0v) is 10.6. The molecule has 3 rings (SSSR count). The van der Waals surface area contributed by atoms with Crippen molar-refractivity contribution in [2.75, 3.05) is 13.7 Å². The smallest absolute Gasteiger partial charge is 0.217 e.